The molecular formula is C14H29O3P3. The van der Waals surface area contributed by atoms with Gasteiger partial charge in [-0.25, -0.2) is 0 Å². The van der Waals surface area contributed by atoms with E-state index >= 15 is 0 Å². The Morgan fingerprint density at radius 1 is 1.45 bits per heavy atom. The van der Waals surface area contributed by atoms with E-state index in [0.717, 1.165) is 34.0 Å². The highest BCUT2D eigenvalue weighted by atomic mass is 32.0. The Kier molecular flexibility index (Phi) is 10.1. The van der Waals surface area contributed by atoms with Crippen molar-refractivity contribution in [2.75, 3.05) is 13.3 Å². The van der Waals surface area contributed by atoms with Crippen LogP contribution in [0.4, 0.5) is 0 Å². The zero-order chi connectivity index (χ0) is 15.0. The maximum absolute atomic E-state index is 6.23. The minimum absolute atomic E-state index is 0.133. The second-order valence-electron chi connectivity index (χ2n) is 5.25. The molecular weight excluding hydrogens is 309 g/mol. The Bertz CT molecular complexity index is 278. The molecule has 0 aromatic rings. The molecule has 3 nitrogen and oxygen atoms in total. The molecule has 0 aliphatic carbocycles. The van der Waals surface area contributed by atoms with E-state index in [-0.39, 0.29) is 24.4 Å². The van der Waals surface area contributed by atoms with Crippen molar-refractivity contribution < 1.29 is 14.0 Å². The molecule has 6 heteroatoms. The molecule has 0 N–H and O–H groups in total. The van der Waals surface area contributed by atoms with Crippen molar-refractivity contribution in [3.63, 3.8) is 0 Å². The fourth-order valence-corrected chi connectivity index (χ4v) is 4.28. The summed E-state index contributed by atoms with van der Waals surface area (Å²) in [6, 6.07) is 0. The number of methoxy groups -OCH3 is 1. The molecule has 118 valence electrons. The number of rotatable bonds is 10. The lowest BCUT2D eigenvalue weighted by molar-refractivity contribution is -0.0255. The van der Waals surface area contributed by atoms with Crippen LogP contribution in [-0.4, -0.2) is 37.7 Å². The molecule has 20 heavy (non-hydrogen) atoms. The highest BCUT2D eigenvalue weighted by Gasteiger charge is 2.43. The van der Waals surface area contributed by atoms with Gasteiger partial charge in [0.25, 0.3) is 0 Å². The van der Waals surface area contributed by atoms with Gasteiger partial charge in [-0.3, -0.25) is 0 Å². The van der Waals surface area contributed by atoms with Gasteiger partial charge in [0, 0.05) is 28.9 Å². The van der Waals surface area contributed by atoms with Gasteiger partial charge in [0.05, 0.1) is 24.4 Å². The van der Waals surface area contributed by atoms with Crippen molar-refractivity contribution in [3.8, 4) is 0 Å². The minimum Gasteiger partial charge on any atom is -0.378 e. The molecule has 0 aromatic heterocycles. The Balaban J connectivity index is 2.64. The van der Waals surface area contributed by atoms with Crippen molar-refractivity contribution in [2.24, 2.45) is 5.92 Å². The summed E-state index contributed by atoms with van der Waals surface area (Å²) in [7, 11) is 7.88. The Morgan fingerprint density at radius 3 is 2.70 bits per heavy atom. The first-order valence-electron chi connectivity index (χ1n) is 7.29. The fourth-order valence-electron chi connectivity index (χ4n) is 3.04. The molecule has 1 fully saturated rings. The van der Waals surface area contributed by atoms with Gasteiger partial charge >= 0.3 is 0 Å². The van der Waals surface area contributed by atoms with E-state index in [1.165, 1.54) is 6.16 Å². The van der Waals surface area contributed by atoms with Crippen LogP contribution in [-0.2, 0) is 14.0 Å². The van der Waals surface area contributed by atoms with Crippen LogP contribution in [0.25, 0.3) is 0 Å². The van der Waals surface area contributed by atoms with E-state index in [9.17, 15) is 0 Å². The van der Waals surface area contributed by atoms with Crippen LogP contribution in [0.1, 0.15) is 32.6 Å². The molecule has 1 saturated heterocycles. The topological polar surface area (TPSA) is 27.7 Å². The van der Waals surface area contributed by atoms with Crippen molar-refractivity contribution in [1.29, 1.82) is 0 Å². The second kappa shape index (κ2) is 10.6. The van der Waals surface area contributed by atoms with Gasteiger partial charge in [-0.2, -0.15) is 0 Å². The van der Waals surface area contributed by atoms with Crippen LogP contribution in [0.2, 0.25) is 0 Å². The van der Waals surface area contributed by atoms with E-state index in [1.54, 1.807) is 7.11 Å². The Hall–Kier alpha value is 0.910. The predicted octanol–water partition coefficient (Wildman–Crippen LogP) is 3.80. The first-order valence-corrected chi connectivity index (χ1v) is 10.8. The zero-order valence-electron chi connectivity index (χ0n) is 12.6. The summed E-state index contributed by atoms with van der Waals surface area (Å²) in [5.74, 6) is 0.455. The molecule has 1 aliphatic heterocycles. The smallest absolute Gasteiger partial charge is 0.0886 e. The summed E-state index contributed by atoms with van der Waals surface area (Å²) < 4.78 is 17.5. The monoisotopic (exact) mass is 338 g/mol. The fraction of sp³-hybridized carbons (Fsp3) is 0.857. The lowest BCUT2D eigenvalue weighted by atomic mass is 9.90. The Labute approximate surface area is 130 Å². The maximum atomic E-state index is 6.23. The molecule has 1 rings (SSSR count). The molecule has 8 atom stereocenters. The molecule has 0 bridgehead atoms. The molecule has 0 spiro atoms. The minimum atomic E-state index is 0.133. The molecule has 0 radical (unpaired) electrons. The lowest BCUT2D eigenvalue weighted by Gasteiger charge is -2.24. The van der Waals surface area contributed by atoms with Crippen molar-refractivity contribution in [2.45, 2.75) is 57.0 Å². The lowest BCUT2D eigenvalue weighted by Crippen LogP contribution is -2.32. The van der Waals surface area contributed by atoms with Gasteiger partial charge in [0.15, 0.2) is 0 Å². The molecule has 0 amide bonds. The largest absolute Gasteiger partial charge is 0.378 e. The number of hydrogen-bond donors (Lipinski definition) is 0. The van der Waals surface area contributed by atoms with Crippen LogP contribution >= 0.6 is 26.7 Å². The average molecular weight is 338 g/mol. The summed E-state index contributed by atoms with van der Waals surface area (Å²) in [6.45, 7) is 6.04. The standard InChI is InChI=1S/C14H29O3P3/c1-4-6-12-11(5-2)14(15-3)13(16-12)9-10(17-18)7-8-20-19/h4,10-14,20H,1,5-9,18-19H2,2-3H3/t10-,11+,12+,13-,14-/m1/s1. The van der Waals surface area contributed by atoms with Crippen LogP contribution in [0.15, 0.2) is 12.7 Å². The van der Waals surface area contributed by atoms with Gasteiger partial charge in [-0.1, -0.05) is 13.0 Å². The third kappa shape index (κ3) is 5.28. The number of hydrogen-bond acceptors (Lipinski definition) is 3. The van der Waals surface area contributed by atoms with Gasteiger partial charge < -0.3 is 14.0 Å². The van der Waals surface area contributed by atoms with Crippen molar-refractivity contribution in [1.82, 2.24) is 0 Å². The van der Waals surface area contributed by atoms with Crippen molar-refractivity contribution >= 4 is 26.7 Å². The Morgan fingerprint density at radius 2 is 2.20 bits per heavy atom. The third-order valence-electron chi connectivity index (χ3n) is 4.06. The molecule has 0 saturated carbocycles. The van der Waals surface area contributed by atoms with E-state index in [1.807, 2.05) is 6.08 Å². The molecule has 1 heterocycles. The zero-order valence-corrected chi connectivity index (χ0v) is 15.9. The quantitative estimate of drug-likeness (QED) is 0.448. The summed E-state index contributed by atoms with van der Waals surface area (Å²) in [4.78, 5) is 0. The number of ether oxygens (including phenoxy) is 2. The summed E-state index contributed by atoms with van der Waals surface area (Å²) in [5.41, 5.74) is 0. The van der Waals surface area contributed by atoms with Crippen LogP contribution in [0, 0.1) is 5.92 Å². The van der Waals surface area contributed by atoms with Crippen molar-refractivity contribution in [3.05, 3.63) is 12.7 Å². The highest BCUT2D eigenvalue weighted by molar-refractivity contribution is 8.02. The molecule has 1 aliphatic rings. The van der Waals surface area contributed by atoms with Crippen LogP contribution < -0.4 is 0 Å². The first-order chi connectivity index (χ1) is 9.71. The normalized spacial score (nSPS) is 32.0. The van der Waals surface area contributed by atoms with Gasteiger partial charge in [0.2, 0.25) is 0 Å². The summed E-state index contributed by atoms with van der Waals surface area (Å²) in [5, 5.41) is 0. The predicted molar refractivity (Wildman–Crippen MR) is 94.8 cm³/mol. The van der Waals surface area contributed by atoms with Crippen LogP contribution in [0.3, 0.4) is 0 Å². The van der Waals surface area contributed by atoms with E-state index in [0.29, 0.717) is 5.92 Å². The van der Waals surface area contributed by atoms with Gasteiger partial charge in [-0.15, -0.1) is 23.8 Å². The van der Waals surface area contributed by atoms with Gasteiger partial charge in [0.1, 0.15) is 0 Å². The van der Waals surface area contributed by atoms with E-state index in [4.69, 9.17) is 14.0 Å². The van der Waals surface area contributed by atoms with E-state index in [2.05, 4.69) is 31.9 Å². The second-order valence-corrected chi connectivity index (χ2v) is 7.65. The summed E-state index contributed by atoms with van der Waals surface area (Å²) in [6.07, 6.45) is 7.85. The summed E-state index contributed by atoms with van der Waals surface area (Å²) >= 11 is 0. The average Bonchev–Trinajstić information content (AvgIpc) is 2.80. The van der Waals surface area contributed by atoms with E-state index < -0.39 is 0 Å². The molecule has 0 aromatic carbocycles. The maximum Gasteiger partial charge on any atom is 0.0886 e. The molecule has 3 unspecified atom stereocenters. The van der Waals surface area contributed by atoms with Gasteiger partial charge in [-0.05, 0) is 25.4 Å². The SMILES string of the molecule is C=CC[C@@H]1O[C@H](C[C@@H](CCPP)OP)[C@H](OC)[C@H]1CC. The van der Waals surface area contributed by atoms with Crippen LogP contribution in [0.5, 0.6) is 0 Å². The first kappa shape index (κ1) is 19.0. The third-order valence-corrected chi connectivity index (χ3v) is 5.88. The highest BCUT2D eigenvalue weighted by Crippen LogP contribution is 2.36.